The lowest BCUT2D eigenvalue weighted by atomic mass is 9.89. The van der Waals surface area contributed by atoms with Crippen LogP contribution in [-0.4, -0.2) is 27.5 Å². The minimum absolute atomic E-state index is 0.321. The molecule has 1 fully saturated rings. The molecule has 0 bridgehead atoms. The Morgan fingerprint density at radius 2 is 1.71 bits per heavy atom. The standard InChI is InChI=1S/C22H24F3N3/c1-15-4-3-5-19-21(15)27(2)20(26-19)14-28-12-10-17(11-13-28)16-6-8-18(9-7-16)22(23,24)25/h3-9,17H,10-14H2,1-2H3. The molecule has 0 amide bonds. The molecule has 2 aromatic carbocycles. The van der Waals surface area contributed by atoms with Gasteiger partial charge in [0.1, 0.15) is 5.82 Å². The molecule has 6 heteroatoms. The van der Waals surface area contributed by atoms with Crippen LogP contribution in [0.25, 0.3) is 11.0 Å². The molecule has 0 radical (unpaired) electrons. The summed E-state index contributed by atoms with van der Waals surface area (Å²) in [6, 6.07) is 11.8. The zero-order chi connectivity index (χ0) is 19.9. The molecule has 1 aliphatic heterocycles. The summed E-state index contributed by atoms with van der Waals surface area (Å²) in [6.07, 6.45) is -2.37. The average Bonchev–Trinajstić information content (AvgIpc) is 2.99. The van der Waals surface area contributed by atoms with Crippen LogP contribution in [0.2, 0.25) is 0 Å². The Morgan fingerprint density at radius 3 is 2.32 bits per heavy atom. The zero-order valence-corrected chi connectivity index (χ0v) is 16.1. The van der Waals surface area contributed by atoms with Crippen molar-refractivity contribution >= 4 is 11.0 Å². The molecule has 1 aliphatic rings. The number of aromatic nitrogens is 2. The van der Waals surface area contributed by atoms with Crippen molar-refractivity contribution in [3.8, 4) is 0 Å². The predicted molar refractivity (Wildman–Crippen MR) is 104 cm³/mol. The fourth-order valence-corrected chi connectivity index (χ4v) is 4.22. The summed E-state index contributed by atoms with van der Waals surface area (Å²) in [5.41, 5.74) is 3.85. The van der Waals surface area contributed by atoms with Crippen LogP contribution in [0.15, 0.2) is 42.5 Å². The molecule has 148 valence electrons. The molecule has 28 heavy (non-hydrogen) atoms. The van der Waals surface area contributed by atoms with Gasteiger partial charge in [-0.15, -0.1) is 0 Å². The largest absolute Gasteiger partial charge is 0.416 e. The summed E-state index contributed by atoms with van der Waals surface area (Å²) >= 11 is 0. The van der Waals surface area contributed by atoms with Crippen molar-refractivity contribution in [1.29, 1.82) is 0 Å². The van der Waals surface area contributed by atoms with Crippen LogP contribution in [0.3, 0.4) is 0 Å². The number of nitrogens with zero attached hydrogens (tertiary/aromatic N) is 3. The van der Waals surface area contributed by atoms with Crippen molar-refractivity contribution in [2.45, 2.75) is 38.4 Å². The third kappa shape index (κ3) is 3.65. The first-order valence-electron chi connectivity index (χ1n) is 9.63. The highest BCUT2D eigenvalue weighted by atomic mass is 19.4. The van der Waals surface area contributed by atoms with Crippen molar-refractivity contribution in [2.75, 3.05) is 13.1 Å². The highest BCUT2D eigenvalue weighted by Crippen LogP contribution is 2.33. The molecule has 0 N–H and O–H groups in total. The van der Waals surface area contributed by atoms with E-state index in [1.807, 2.05) is 12.1 Å². The van der Waals surface area contributed by atoms with Gasteiger partial charge in [0.05, 0.1) is 23.1 Å². The van der Waals surface area contributed by atoms with Crippen LogP contribution < -0.4 is 0 Å². The number of piperidine rings is 1. The molecule has 3 nitrogen and oxygen atoms in total. The summed E-state index contributed by atoms with van der Waals surface area (Å²) < 4.78 is 40.4. The van der Waals surface area contributed by atoms with Crippen molar-refractivity contribution in [2.24, 2.45) is 7.05 Å². The van der Waals surface area contributed by atoms with E-state index in [0.717, 1.165) is 49.4 Å². The number of hydrogen-bond donors (Lipinski definition) is 0. The van der Waals surface area contributed by atoms with Crippen LogP contribution in [0, 0.1) is 6.92 Å². The van der Waals surface area contributed by atoms with Gasteiger partial charge in [-0.1, -0.05) is 24.3 Å². The first-order valence-corrected chi connectivity index (χ1v) is 9.63. The monoisotopic (exact) mass is 387 g/mol. The van der Waals surface area contributed by atoms with Crippen molar-refractivity contribution < 1.29 is 13.2 Å². The van der Waals surface area contributed by atoms with Gasteiger partial charge in [-0.2, -0.15) is 13.2 Å². The SMILES string of the molecule is Cc1cccc2nc(CN3CCC(c4ccc(C(F)(F)F)cc4)CC3)n(C)c12. The average molecular weight is 387 g/mol. The third-order valence-corrected chi connectivity index (χ3v) is 5.85. The molecule has 0 spiro atoms. The maximum absolute atomic E-state index is 12.7. The Hall–Kier alpha value is -2.34. The van der Waals surface area contributed by atoms with E-state index in [0.29, 0.717) is 5.92 Å². The van der Waals surface area contributed by atoms with E-state index in [1.165, 1.54) is 23.2 Å². The molecule has 4 rings (SSSR count). The van der Waals surface area contributed by atoms with E-state index in [2.05, 4.69) is 29.5 Å². The Kier molecular flexibility index (Phi) is 4.91. The maximum atomic E-state index is 12.7. The van der Waals surface area contributed by atoms with E-state index >= 15 is 0 Å². The fourth-order valence-electron chi connectivity index (χ4n) is 4.22. The van der Waals surface area contributed by atoms with E-state index in [1.54, 1.807) is 12.1 Å². The van der Waals surface area contributed by atoms with Gasteiger partial charge in [0.2, 0.25) is 0 Å². The second-order valence-corrected chi connectivity index (χ2v) is 7.70. The predicted octanol–water partition coefficient (Wildman–Crippen LogP) is 5.28. The van der Waals surface area contributed by atoms with Crippen molar-refractivity contribution in [3.05, 3.63) is 65.0 Å². The number of aryl methyl sites for hydroxylation is 2. The number of para-hydroxylation sites is 1. The molecule has 0 aliphatic carbocycles. The lowest BCUT2D eigenvalue weighted by Gasteiger charge is -2.32. The van der Waals surface area contributed by atoms with Crippen molar-refractivity contribution in [3.63, 3.8) is 0 Å². The lowest BCUT2D eigenvalue weighted by molar-refractivity contribution is -0.137. The summed E-state index contributed by atoms with van der Waals surface area (Å²) in [4.78, 5) is 7.18. The van der Waals surface area contributed by atoms with Gasteiger partial charge in [0.25, 0.3) is 0 Å². The normalized spacial score (nSPS) is 16.8. The van der Waals surface area contributed by atoms with Gasteiger partial charge >= 0.3 is 6.18 Å². The number of hydrogen-bond acceptors (Lipinski definition) is 2. The van der Waals surface area contributed by atoms with Crippen molar-refractivity contribution in [1.82, 2.24) is 14.5 Å². The van der Waals surface area contributed by atoms with Crippen LogP contribution >= 0.6 is 0 Å². The second kappa shape index (κ2) is 7.24. The quantitative estimate of drug-likeness (QED) is 0.610. The summed E-state index contributed by atoms with van der Waals surface area (Å²) in [6.45, 7) is 4.75. The number of alkyl halides is 3. The Morgan fingerprint density at radius 1 is 1.04 bits per heavy atom. The Bertz CT molecular complexity index is 965. The van der Waals surface area contributed by atoms with Gasteiger partial charge in [0, 0.05) is 7.05 Å². The van der Waals surface area contributed by atoms with Gasteiger partial charge in [0.15, 0.2) is 0 Å². The number of rotatable bonds is 3. The summed E-state index contributed by atoms with van der Waals surface area (Å²) in [5, 5.41) is 0. The number of likely N-dealkylation sites (tertiary alicyclic amines) is 1. The molecule has 0 atom stereocenters. The second-order valence-electron chi connectivity index (χ2n) is 7.70. The molecule has 0 unspecified atom stereocenters. The summed E-state index contributed by atoms with van der Waals surface area (Å²) in [5.74, 6) is 1.37. The Balaban J connectivity index is 1.41. The van der Waals surface area contributed by atoms with Gasteiger partial charge in [-0.3, -0.25) is 4.90 Å². The van der Waals surface area contributed by atoms with Gasteiger partial charge in [-0.05, 0) is 68.1 Å². The first-order chi connectivity index (χ1) is 13.3. The van der Waals surface area contributed by atoms with E-state index in [4.69, 9.17) is 4.98 Å². The maximum Gasteiger partial charge on any atom is 0.416 e. The first kappa shape index (κ1) is 19.0. The van der Waals surface area contributed by atoms with Crippen LogP contribution in [0.5, 0.6) is 0 Å². The lowest BCUT2D eigenvalue weighted by Crippen LogP contribution is -2.33. The van der Waals surface area contributed by atoms with Crippen LogP contribution in [0.4, 0.5) is 13.2 Å². The number of imidazole rings is 1. The minimum Gasteiger partial charge on any atom is -0.330 e. The number of fused-ring (bicyclic) bond motifs is 1. The fraction of sp³-hybridized carbons (Fsp3) is 0.409. The molecular weight excluding hydrogens is 363 g/mol. The van der Waals surface area contributed by atoms with E-state index in [9.17, 15) is 13.2 Å². The van der Waals surface area contributed by atoms with Gasteiger partial charge in [-0.25, -0.2) is 4.98 Å². The molecular formula is C22H24F3N3. The van der Waals surface area contributed by atoms with E-state index < -0.39 is 11.7 Å². The smallest absolute Gasteiger partial charge is 0.330 e. The van der Waals surface area contributed by atoms with Crippen LogP contribution in [0.1, 0.15) is 41.3 Å². The Labute approximate surface area is 162 Å². The number of benzene rings is 2. The molecule has 2 heterocycles. The van der Waals surface area contributed by atoms with Crippen LogP contribution in [-0.2, 0) is 19.8 Å². The number of halogens is 3. The molecule has 1 aromatic heterocycles. The third-order valence-electron chi connectivity index (χ3n) is 5.85. The molecule has 1 saturated heterocycles. The zero-order valence-electron chi connectivity index (χ0n) is 16.1. The highest BCUT2D eigenvalue weighted by molar-refractivity contribution is 5.79. The molecule has 0 saturated carbocycles. The summed E-state index contributed by atoms with van der Waals surface area (Å²) in [7, 11) is 2.06. The highest BCUT2D eigenvalue weighted by Gasteiger charge is 2.30. The topological polar surface area (TPSA) is 21.1 Å². The van der Waals surface area contributed by atoms with E-state index in [-0.39, 0.29) is 0 Å². The van der Waals surface area contributed by atoms with Gasteiger partial charge < -0.3 is 4.57 Å². The minimum atomic E-state index is -4.27. The molecule has 3 aromatic rings.